The molecule has 0 radical (unpaired) electrons. The fourth-order valence-corrected chi connectivity index (χ4v) is 8.08. The number of amides is 1. The van der Waals surface area contributed by atoms with Crippen LogP contribution in [0.2, 0.25) is 0 Å². The van der Waals surface area contributed by atoms with E-state index in [2.05, 4.69) is 4.74 Å². The second kappa shape index (κ2) is 11.6. The number of alkyl halides is 6. The van der Waals surface area contributed by atoms with Crippen molar-refractivity contribution < 1.29 is 62.6 Å². The molecule has 1 N–H and O–H groups in total. The lowest BCUT2D eigenvalue weighted by Gasteiger charge is -2.49. The van der Waals surface area contributed by atoms with Gasteiger partial charge < -0.3 is 14.7 Å². The number of benzene rings is 3. The van der Waals surface area contributed by atoms with E-state index >= 15 is 0 Å². The number of nitrogens with zero attached hydrogens (tertiary/aromatic N) is 1. The molecular weight excluding hydrogens is 657 g/mol. The van der Waals surface area contributed by atoms with E-state index < -0.39 is 103 Å². The number of carbonyl (C=O) groups is 1. The van der Waals surface area contributed by atoms with Gasteiger partial charge in [-0.05, 0) is 54.8 Å². The molecule has 2 aliphatic rings. The highest BCUT2D eigenvalue weighted by molar-refractivity contribution is 7.92. The van der Waals surface area contributed by atoms with Crippen molar-refractivity contribution in [1.82, 2.24) is 4.90 Å². The van der Waals surface area contributed by atoms with Gasteiger partial charge in [-0.1, -0.05) is 30.3 Å². The molecule has 0 unspecified atom stereocenters. The lowest BCUT2D eigenvalue weighted by atomic mass is 9.69. The highest BCUT2D eigenvalue weighted by Gasteiger charge is 2.73. The van der Waals surface area contributed by atoms with Gasteiger partial charge in [0, 0.05) is 30.1 Å². The smallest absolute Gasteiger partial charge is 0.389 e. The number of halogens is 9. The van der Waals surface area contributed by atoms with E-state index in [1.165, 1.54) is 4.90 Å². The molecule has 6 nitrogen and oxygen atoms in total. The van der Waals surface area contributed by atoms with Crippen molar-refractivity contribution in [3.05, 3.63) is 101 Å². The van der Waals surface area contributed by atoms with Gasteiger partial charge in [0.05, 0.1) is 17.6 Å². The van der Waals surface area contributed by atoms with Crippen molar-refractivity contribution >= 4 is 15.7 Å². The molecule has 1 saturated heterocycles. The van der Waals surface area contributed by atoms with E-state index in [1.807, 2.05) is 0 Å². The molecule has 248 valence electrons. The molecule has 3 aromatic carbocycles. The van der Waals surface area contributed by atoms with E-state index in [1.54, 1.807) is 0 Å². The Morgan fingerprint density at radius 1 is 0.848 bits per heavy atom. The fraction of sp³-hybridized carbons (Fsp3) is 0.367. The van der Waals surface area contributed by atoms with E-state index in [0.717, 1.165) is 42.5 Å². The van der Waals surface area contributed by atoms with Gasteiger partial charge in [0.1, 0.15) is 22.2 Å². The maximum atomic E-state index is 14.4. The van der Waals surface area contributed by atoms with Crippen LogP contribution in [0.3, 0.4) is 0 Å². The Hall–Kier alpha value is -3.63. The first-order chi connectivity index (χ1) is 21.3. The summed E-state index contributed by atoms with van der Waals surface area (Å²) in [4.78, 5) is 13.8. The number of aliphatic hydroxyl groups excluding tert-OH is 1. The van der Waals surface area contributed by atoms with Crippen molar-refractivity contribution in [3.63, 3.8) is 0 Å². The summed E-state index contributed by atoms with van der Waals surface area (Å²) in [5.74, 6) is -5.06. The Bertz CT molecular complexity index is 1680. The van der Waals surface area contributed by atoms with Crippen molar-refractivity contribution in [2.24, 2.45) is 5.92 Å². The Balaban J connectivity index is 1.56. The second-order valence-corrected chi connectivity index (χ2v) is 13.5. The van der Waals surface area contributed by atoms with Gasteiger partial charge in [-0.15, -0.1) is 0 Å². The third-order valence-electron chi connectivity index (χ3n) is 8.42. The molecule has 5 rings (SSSR count). The van der Waals surface area contributed by atoms with Crippen LogP contribution in [0, 0.1) is 23.4 Å². The van der Waals surface area contributed by atoms with Crippen LogP contribution in [0.1, 0.15) is 29.5 Å². The number of hydrogen-bond donors (Lipinski definition) is 1. The number of carbonyl (C=O) groups excluding carboxylic acids is 1. The van der Waals surface area contributed by atoms with Gasteiger partial charge in [0.2, 0.25) is 5.91 Å². The third-order valence-corrected chi connectivity index (χ3v) is 10.9. The maximum Gasteiger partial charge on any atom is 0.430 e. The number of ether oxygens (including phenoxy) is 1. The molecule has 1 aliphatic carbocycles. The zero-order valence-electron chi connectivity index (χ0n) is 23.4. The van der Waals surface area contributed by atoms with Crippen LogP contribution in [0.5, 0.6) is 0 Å². The zero-order chi connectivity index (χ0) is 33.9. The highest BCUT2D eigenvalue weighted by atomic mass is 32.2. The van der Waals surface area contributed by atoms with Crippen LogP contribution in [0.4, 0.5) is 39.5 Å². The third kappa shape index (κ3) is 5.43. The van der Waals surface area contributed by atoms with Gasteiger partial charge in [-0.2, -0.15) is 26.3 Å². The summed E-state index contributed by atoms with van der Waals surface area (Å²) in [7, 11) is -4.53. The molecular formula is C30H24F9NO5S. The molecule has 1 aliphatic heterocycles. The number of β-amino-alcohol motifs (C(OH)–C–C–N with tert-alkyl or cyclic N) is 1. The lowest BCUT2D eigenvalue weighted by molar-refractivity contribution is -0.392. The minimum atomic E-state index is -6.22. The Labute approximate surface area is 256 Å². The summed E-state index contributed by atoms with van der Waals surface area (Å²) in [6.45, 7) is -1.75. The average Bonchev–Trinajstić information content (AvgIpc) is 2.91. The summed E-state index contributed by atoms with van der Waals surface area (Å²) in [5.41, 5.74) is -8.08. The Morgan fingerprint density at radius 2 is 1.37 bits per heavy atom. The van der Waals surface area contributed by atoms with E-state index in [0.29, 0.717) is 24.3 Å². The van der Waals surface area contributed by atoms with Crippen LogP contribution < -0.4 is 0 Å². The van der Waals surface area contributed by atoms with Gasteiger partial charge >= 0.3 is 12.4 Å². The molecule has 0 aromatic heterocycles. The van der Waals surface area contributed by atoms with Crippen LogP contribution in [0.25, 0.3) is 0 Å². The summed E-state index contributed by atoms with van der Waals surface area (Å²) < 4.78 is 158. The molecule has 1 heterocycles. The van der Waals surface area contributed by atoms with Crippen LogP contribution in [-0.2, 0) is 36.3 Å². The summed E-state index contributed by atoms with van der Waals surface area (Å²) in [6, 6.07) is 7.86. The molecule has 0 atom stereocenters. The molecule has 1 amide bonds. The summed E-state index contributed by atoms with van der Waals surface area (Å²) in [5, 5.41) is 9.53. The minimum Gasteiger partial charge on any atom is -0.389 e. The second-order valence-electron chi connectivity index (χ2n) is 11.2. The maximum absolute atomic E-state index is 14.4. The predicted octanol–water partition coefficient (Wildman–Crippen LogP) is 5.92. The molecule has 0 bridgehead atoms. The number of rotatable bonds is 8. The normalized spacial score (nSPS) is 21.1. The fourth-order valence-electron chi connectivity index (χ4n) is 5.85. The van der Waals surface area contributed by atoms with Gasteiger partial charge in [0.15, 0.2) is 9.84 Å². The van der Waals surface area contributed by atoms with Crippen molar-refractivity contribution in [3.8, 4) is 0 Å². The first-order valence-electron chi connectivity index (χ1n) is 13.6. The SMILES string of the molecule is O=C(C1CC(c2ccc(C(OCc3c(F)cccc3F)(C(F)(F)F)C(F)(F)F)cc2)(S(=O)(=O)c2ccc(F)cc2)C1)N1CC(O)C1. The molecule has 1 saturated carbocycles. The van der Waals surface area contributed by atoms with Crippen molar-refractivity contribution in [2.45, 2.75) is 53.1 Å². The van der Waals surface area contributed by atoms with Gasteiger partial charge in [-0.25, -0.2) is 21.6 Å². The van der Waals surface area contributed by atoms with Gasteiger partial charge in [-0.3, -0.25) is 4.79 Å². The van der Waals surface area contributed by atoms with Gasteiger partial charge in [0.25, 0.3) is 5.60 Å². The van der Waals surface area contributed by atoms with Crippen molar-refractivity contribution in [2.75, 3.05) is 13.1 Å². The molecule has 16 heteroatoms. The summed E-state index contributed by atoms with van der Waals surface area (Å²) in [6.07, 6.45) is -14.0. The highest BCUT2D eigenvalue weighted by Crippen LogP contribution is 2.57. The minimum absolute atomic E-state index is 0.00941. The first-order valence-corrected chi connectivity index (χ1v) is 15.1. The molecule has 2 fully saturated rings. The van der Waals surface area contributed by atoms with E-state index in [4.69, 9.17) is 0 Å². The monoisotopic (exact) mass is 681 g/mol. The standard InChI is InChI=1S/C30H24F9NO5S/c31-20-8-10-22(11-9-20)46(43,44)27(12-17(13-27)26(42)40-14-21(41)15-40)18-4-6-19(7-5-18)28(29(34,35)36,30(37,38)39)45-16-23-24(32)2-1-3-25(23)33/h1-11,17,21,41H,12-16H2. The predicted molar refractivity (Wildman–Crippen MR) is 142 cm³/mol. The number of sulfone groups is 1. The average molecular weight is 682 g/mol. The Morgan fingerprint density at radius 3 is 1.85 bits per heavy atom. The quantitative estimate of drug-likeness (QED) is 0.236. The van der Waals surface area contributed by atoms with Crippen LogP contribution in [-0.4, -0.2) is 55.9 Å². The lowest BCUT2D eigenvalue weighted by Crippen LogP contribution is -2.59. The van der Waals surface area contributed by atoms with Crippen molar-refractivity contribution in [1.29, 1.82) is 0 Å². The van der Waals surface area contributed by atoms with Crippen LogP contribution in [0.15, 0.2) is 71.6 Å². The topological polar surface area (TPSA) is 83.9 Å². The first kappa shape index (κ1) is 33.7. The Kier molecular flexibility index (Phi) is 8.48. The molecule has 46 heavy (non-hydrogen) atoms. The number of hydrogen-bond acceptors (Lipinski definition) is 5. The summed E-state index contributed by atoms with van der Waals surface area (Å²) >= 11 is 0. The van der Waals surface area contributed by atoms with E-state index in [-0.39, 0.29) is 18.7 Å². The largest absolute Gasteiger partial charge is 0.430 e. The number of likely N-dealkylation sites (tertiary alicyclic amines) is 1. The van der Waals surface area contributed by atoms with E-state index in [9.17, 15) is 57.8 Å². The zero-order valence-corrected chi connectivity index (χ0v) is 24.2. The molecule has 0 spiro atoms. The molecule has 3 aromatic rings. The van der Waals surface area contributed by atoms with Crippen LogP contribution >= 0.6 is 0 Å². The number of aliphatic hydroxyl groups is 1.